The smallest absolute Gasteiger partial charge is 0.248 e. The van der Waals surface area contributed by atoms with Crippen molar-refractivity contribution >= 4 is 5.91 Å². The fourth-order valence-corrected chi connectivity index (χ4v) is 1.59. The summed E-state index contributed by atoms with van der Waals surface area (Å²) in [4.78, 5) is 15.7. The molecule has 0 saturated carbocycles. The van der Waals surface area contributed by atoms with Crippen LogP contribution in [0.1, 0.15) is 6.92 Å². The van der Waals surface area contributed by atoms with Crippen molar-refractivity contribution in [1.29, 1.82) is 0 Å². The molecule has 0 atom stereocenters. The molecule has 0 bridgehead atoms. The van der Waals surface area contributed by atoms with Gasteiger partial charge in [-0.2, -0.15) is 0 Å². The molecule has 0 spiro atoms. The van der Waals surface area contributed by atoms with Gasteiger partial charge in [-0.3, -0.25) is 9.69 Å². The molecule has 1 rings (SSSR count). The molecule has 1 amide bonds. The zero-order valence-electron chi connectivity index (χ0n) is 8.83. The van der Waals surface area contributed by atoms with Gasteiger partial charge >= 0.3 is 0 Å². The van der Waals surface area contributed by atoms with Gasteiger partial charge < -0.3 is 4.90 Å². The first-order valence-electron chi connectivity index (χ1n) is 4.93. The number of carbonyl (C=O) groups excluding carboxylic acids is 1. The number of nitrogens with zero attached hydrogens (tertiary/aromatic N) is 2. The van der Waals surface area contributed by atoms with Gasteiger partial charge in [0.25, 0.3) is 0 Å². The van der Waals surface area contributed by atoms with Crippen molar-refractivity contribution in [2.24, 2.45) is 0 Å². The van der Waals surface area contributed by atoms with E-state index >= 15 is 0 Å². The summed E-state index contributed by atoms with van der Waals surface area (Å²) in [6, 6.07) is 0. The highest BCUT2D eigenvalue weighted by molar-refractivity contribution is 5.92. The first-order valence-corrected chi connectivity index (χ1v) is 4.93. The Bertz CT molecular complexity index is 240. The molecule has 0 radical (unpaired) electrons. The van der Waals surface area contributed by atoms with E-state index in [2.05, 4.69) is 18.1 Å². The number of hydrogen-bond donors (Lipinski definition) is 0. The van der Waals surface area contributed by atoms with E-state index in [1.165, 1.54) is 0 Å². The maximum atomic E-state index is 11.6. The van der Waals surface area contributed by atoms with Gasteiger partial charge in [-0.25, -0.2) is 0 Å². The van der Waals surface area contributed by atoms with Crippen molar-refractivity contribution in [3.8, 4) is 0 Å². The minimum atomic E-state index is 0.0863. The lowest BCUT2D eigenvalue weighted by Gasteiger charge is -2.34. The number of carbonyl (C=O) groups is 1. The number of hydrogen-bond acceptors (Lipinski definition) is 2. The predicted octanol–water partition coefficient (Wildman–Crippen LogP) is 0.893. The number of rotatable bonds is 3. The van der Waals surface area contributed by atoms with Crippen LogP contribution in [0.4, 0.5) is 0 Å². The van der Waals surface area contributed by atoms with Crippen molar-refractivity contribution in [2.45, 2.75) is 6.92 Å². The van der Waals surface area contributed by atoms with Gasteiger partial charge in [0.2, 0.25) is 5.91 Å². The van der Waals surface area contributed by atoms with Crippen LogP contribution in [0.2, 0.25) is 0 Å². The third-order valence-electron chi connectivity index (χ3n) is 2.41. The first-order chi connectivity index (χ1) is 6.65. The molecule has 0 aromatic heterocycles. The largest absolute Gasteiger partial charge is 0.336 e. The van der Waals surface area contributed by atoms with E-state index in [1.54, 1.807) is 6.92 Å². The SMILES string of the molecule is C=CCN1CCN(C(=O)C(=C)C)CC1. The molecule has 3 heteroatoms. The van der Waals surface area contributed by atoms with Gasteiger partial charge in [0.05, 0.1) is 0 Å². The van der Waals surface area contributed by atoms with Gasteiger partial charge in [0.15, 0.2) is 0 Å². The highest BCUT2D eigenvalue weighted by atomic mass is 16.2. The van der Waals surface area contributed by atoms with Crippen LogP contribution in [-0.4, -0.2) is 48.4 Å². The quantitative estimate of drug-likeness (QED) is 0.492. The monoisotopic (exact) mass is 194 g/mol. The predicted molar refractivity (Wildman–Crippen MR) is 58.0 cm³/mol. The van der Waals surface area contributed by atoms with Gasteiger partial charge in [0, 0.05) is 38.3 Å². The molecular weight excluding hydrogens is 176 g/mol. The van der Waals surface area contributed by atoms with Gasteiger partial charge in [-0.15, -0.1) is 6.58 Å². The summed E-state index contributed by atoms with van der Waals surface area (Å²) < 4.78 is 0. The van der Waals surface area contributed by atoms with Crippen molar-refractivity contribution in [3.63, 3.8) is 0 Å². The van der Waals surface area contributed by atoms with E-state index in [0.29, 0.717) is 5.57 Å². The van der Waals surface area contributed by atoms with E-state index < -0.39 is 0 Å². The highest BCUT2D eigenvalue weighted by Crippen LogP contribution is 2.05. The standard InChI is InChI=1S/C11H18N2O/c1-4-5-12-6-8-13(9-7-12)11(14)10(2)3/h4H,1-2,5-9H2,3H3. The fourth-order valence-electron chi connectivity index (χ4n) is 1.59. The number of piperazine rings is 1. The van der Waals surface area contributed by atoms with Crippen LogP contribution in [0.25, 0.3) is 0 Å². The molecule has 1 aliphatic heterocycles. The zero-order chi connectivity index (χ0) is 10.6. The Morgan fingerprint density at radius 2 is 1.93 bits per heavy atom. The summed E-state index contributed by atoms with van der Waals surface area (Å²) in [6.07, 6.45) is 1.90. The lowest BCUT2D eigenvalue weighted by molar-refractivity contribution is -0.128. The van der Waals surface area contributed by atoms with E-state index in [9.17, 15) is 4.79 Å². The summed E-state index contributed by atoms with van der Waals surface area (Å²) in [7, 11) is 0. The van der Waals surface area contributed by atoms with Crippen LogP contribution in [0.3, 0.4) is 0 Å². The number of amides is 1. The Kier molecular flexibility index (Phi) is 3.89. The summed E-state index contributed by atoms with van der Waals surface area (Å²) in [5.74, 6) is 0.0863. The first kappa shape index (κ1) is 11.0. The second kappa shape index (κ2) is 4.96. The average molecular weight is 194 g/mol. The fraction of sp³-hybridized carbons (Fsp3) is 0.545. The van der Waals surface area contributed by atoms with Crippen LogP contribution in [0.5, 0.6) is 0 Å². The normalized spacial score (nSPS) is 17.9. The molecule has 1 heterocycles. The van der Waals surface area contributed by atoms with Crippen molar-refractivity contribution in [2.75, 3.05) is 32.7 Å². The van der Waals surface area contributed by atoms with Crippen LogP contribution < -0.4 is 0 Å². The summed E-state index contributed by atoms with van der Waals surface area (Å²) >= 11 is 0. The third-order valence-corrected chi connectivity index (χ3v) is 2.41. The van der Waals surface area contributed by atoms with E-state index in [1.807, 2.05) is 11.0 Å². The molecule has 3 nitrogen and oxygen atoms in total. The summed E-state index contributed by atoms with van der Waals surface area (Å²) in [6.45, 7) is 13.5. The van der Waals surface area contributed by atoms with Crippen molar-refractivity contribution in [1.82, 2.24) is 9.80 Å². The second-order valence-corrected chi connectivity index (χ2v) is 3.66. The van der Waals surface area contributed by atoms with Gasteiger partial charge in [-0.1, -0.05) is 12.7 Å². The van der Waals surface area contributed by atoms with Crippen molar-refractivity contribution in [3.05, 3.63) is 24.8 Å². The lowest BCUT2D eigenvalue weighted by Crippen LogP contribution is -2.48. The molecule has 1 saturated heterocycles. The minimum absolute atomic E-state index is 0.0863. The molecule has 0 N–H and O–H groups in total. The lowest BCUT2D eigenvalue weighted by atomic mass is 10.2. The molecule has 1 fully saturated rings. The van der Waals surface area contributed by atoms with Crippen LogP contribution >= 0.6 is 0 Å². The van der Waals surface area contributed by atoms with E-state index in [4.69, 9.17) is 0 Å². The third kappa shape index (κ3) is 2.70. The van der Waals surface area contributed by atoms with Gasteiger partial charge in [0.1, 0.15) is 0 Å². The molecule has 0 unspecified atom stereocenters. The van der Waals surface area contributed by atoms with E-state index in [0.717, 1.165) is 32.7 Å². The topological polar surface area (TPSA) is 23.6 Å². The Balaban J connectivity index is 2.39. The molecule has 78 valence electrons. The molecule has 0 aromatic carbocycles. The van der Waals surface area contributed by atoms with Crippen molar-refractivity contribution < 1.29 is 4.79 Å². The molecule has 0 aromatic rings. The molecular formula is C11H18N2O. The summed E-state index contributed by atoms with van der Waals surface area (Å²) in [5.41, 5.74) is 0.627. The maximum absolute atomic E-state index is 11.6. The second-order valence-electron chi connectivity index (χ2n) is 3.66. The van der Waals surface area contributed by atoms with E-state index in [-0.39, 0.29) is 5.91 Å². The zero-order valence-corrected chi connectivity index (χ0v) is 8.83. The Labute approximate surface area is 85.7 Å². The minimum Gasteiger partial charge on any atom is -0.336 e. The molecule has 0 aliphatic carbocycles. The average Bonchev–Trinajstić information content (AvgIpc) is 2.18. The molecule has 1 aliphatic rings. The Morgan fingerprint density at radius 3 is 2.36 bits per heavy atom. The maximum Gasteiger partial charge on any atom is 0.248 e. The van der Waals surface area contributed by atoms with Crippen LogP contribution in [0.15, 0.2) is 24.8 Å². The van der Waals surface area contributed by atoms with Crippen LogP contribution in [0, 0.1) is 0 Å². The summed E-state index contributed by atoms with van der Waals surface area (Å²) in [5, 5.41) is 0. The molecule has 14 heavy (non-hydrogen) atoms. The Hall–Kier alpha value is -1.09. The highest BCUT2D eigenvalue weighted by Gasteiger charge is 2.20. The van der Waals surface area contributed by atoms with Gasteiger partial charge in [-0.05, 0) is 6.92 Å². The Morgan fingerprint density at radius 1 is 1.36 bits per heavy atom. The van der Waals surface area contributed by atoms with Crippen LogP contribution in [-0.2, 0) is 4.79 Å².